The van der Waals surface area contributed by atoms with Gasteiger partial charge in [0.15, 0.2) is 0 Å². The van der Waals surface area contributed by atoms with Crippen LogP contribution in [0.4, 0.5) is 10.6 Å². The average molecular weight is 283 g/mol. The fraction of sp³-hybridized carbons (Fsp3) is 0.692. The summed E-state index contributed by atoms with van der Waals surface area (Å²) in [4.78, 5) is 10.9. The summed E-state index contributed by atoms with van der Waals surface area (Å²) in [5.74, 6) is 0.342. The summed E-state index contributed by atoms with van der Waals surface area (Å²) >= 11 is 0. The van der Waals surface area contributed by atoms with Gasteiger partial charge in [0.2, 0.25) is 0 Å². The largest absolute Gasteiger partial charge is 0.465 e. The number of carbonyl (C=O) groups is 1. The van der Waals surface area contributed by atoms with Crippen molar-refractivity contribution in [2.75, 3.05) is 5.32 Å². The third kappa shape index (κ3) is 2.94. The summed E-state index contributed by atoms with van der Waals surface area (Å²) in [7, 11) is 0. The summed E-state index contributed by atoms with van der Waals surface area (Å²) in [6.45, 7) is 5.78. The standard InChI is InChI=1S/C13H21N3O4/c1-13(2,3)16-11(14-12(19)20)6-8(15-16)7-4-9(17)10(18)5-7/h6-7,9-10,14,17-18H,4-5H2,1-3H3,(H,19,20)/t7-,9+,10-. The van der Waals surface area contributed by atoms with Crippen LogP contribution in [0.3, 0.4) is 0 Å². The van der Waals surface area contributed by atoms with Crippen molar-refractivity contribution in [3.63, 3.8) is 0 Å². The number of aromatic nitrogens is 2. The second kappa shape index (κ2) is 5.06. The van der Waals surface area contributed by atoms with Crippen molar-refractivity contribution < 1.29 is 20.1 Å². The highest BCUT2D eigenvalue weighted by Crippen LogP contribution is 2.36. The predicted molar refractivity (Wildman–Crippen MR) is 72.9 cm³/mol. The second-order valence-electron chi connectivity index (χ2n) is 6.27. The molecule has 2 rings (SSSR count). The number of rotatable bonds is 2. The lowest BCUT2D eigenvalue weighted by atomic mass is 10.0. The van der Waals surface area contributed by atoms with Gasteiger partial charge in [0, 0.05) is 12.0 Å². The second-order valence-corrected chi connectivity index (χ2v) is 6.27. The lowest BCUT2D eigenvalue weighted by Gasteiger charge is -2.22. The van der Waals surface area contributed by atoms with Gasteiger partial charge in [0.1, 0.15) is 5.82 Å². The first kappa shape index (κ1) is 14.8. The van der Waals surface area contributed by atoms with Crippen LogP contribution in [0.1, 0.15) is 45.2 Å². The molecule has 1 saturated carbocycles. The number of hydrogen-bond acceptors (Lipinski definition) is 4. The summed E-state index contributed by atoms with van der Waals surface area (Å²) in [5, 5.41) is 34.9. The van der Waals surface area contributed by atoms with E-state index in [4.69, 9.17) is 5.11 Å². The molecule has 7 nitrogen and oxygen atoms in total. The first-order valence-corrected chi connectivity index (χ1v) is 6.65. The van der Waals surface area contributed by atoms with Gasteiger partial charge in [-0.15, -0.1) is 0 Å². The van der Waals surface area contributed by atoms with E-state index in [0.29, 0.717) is 24.4 Å². The molecule has 1 fully saturated rings. The number of hydrogen-bond donors (Lipinski definition) is 4. The maximum absolute atomic E-state index is 10.9. The van der Waals surface area contributed by atoms with E-state index in [2.05, 4.69) is 10.4 Å². The molecule has 0 spiro atoms. The van der Waals surface area contributed by atoms with Gasteiger partial charge in [0.25, 0.3) is 0 Å². The van der Waals surface area contributed by atoms with Crippen molar-refractivity contribution in [2.45, 2.75) is 57.3 Å². The zero-order chi connectivity index (χ0) is 15.1. The maximum Gasteiger partial charge on any atom is 0.410 e. The lowest BCUT2D eigenvalue weighted by molar-refractivity contribution is 0.0438. The monoisotopic (exact) mass is 283 g/mol. The normalized spacial score (nSPS) is 26.8. The van der Waals surface area contributed by atoms with E-state index in [9.17, 15) is 15.0 Å². The Bertz CT molecular complexity index is 496. The summed E-state index contributed by atoms with van der Waals surface area (Å²) in [5.41, 5.74) is 0.325. The first-order valence-electron chi connectivity index (χ1n) is 6.65. The molecule has 1 aromatic heterocycles. The van der Waals surface area contributed by atoms with E-state index in [1.165, 1.54) is 0 Å². The van der Waals surface area contributed by atoms with Gasteiger partial charge >= 0.3 is 6.09 Å². The maximum atomic E-state index is 10.9. The number of anilines is 1. The van der Waals surface area contributed by atoms with E-state index < -0.39 is 18.3 Å². The quantitative estimate of drug-likeness (QED) is 0.655. The van der Waals surface area contributed by atoms with Crippen LogP contribution in [0, 0.1) is 0 Å². The minimum Gasteiger partial charge on any atom is -0.465 e. The molecule has 1 aromatic rings. The van der Waals surface area contributed by atoms with E-state index in [-0.39, 0.29) is 11.5 Å². The van der Waals surface area contributed by atoms with Gasteiger partial charge in [-0.2, -0.15) is 5.10 Å². The average Bonchev–Trinajstić information content (AvgIpc) is 2.82. The van der Waals surface area contributed by atoms with E-state index in [1.807, 2.05) is 20.8 Å². The number of aliphatic hydroxyl groups is 2. The Morgan fingerprint density at radius 1 is 1.35 bits per heavy atom. The van der Waals surface area contributed by atoms with Crippen molar-refractivity contribution in [1.29, 1.82) is 0 Å². The minimum atomic E-state index is -1.14. The van der Waals surface area contributed by atoms with Crippen LogP contribution in [0.2, 0.25) is 0 Å². The van der Waals surface area contributed by atoms with Crippen molar-refractivity contribution in [3.8, 4) is 0 Å². The molecule has 0 unspecified atom stereocenters. The Hall–Kier alpha value is -1.60. The highest BCUT2D eigenvalue weighted by Gasteiger charge is 2.35. The molecule has 20 heavy (non-hydrogen) atoms. The van der Waals surface area contributed by atoms with Gasteiger partial charge in [0.05, 0.1) is 23.4 Å². The summed E-state index contributed by atoms with van der Waals surface area (Å²) in [6, 6.07) is 1.68. The zero-order valence-corrected chi connectivity index (χ0v) is 11.9. The molecule has 4 N–H and O–H groups in total. The molecule has 0 radical (unpaired) electrons. The SMILES string of the molecule is CC(C)(C)n1nc([C@H]2C[C@@H](O)[C@@H](O)C2)cc1NC(=O)O. The Morgan fingerprint density at radius 3 is 2.35 bits per heavy atom. The van der Waals surface area contributed by atoms with Crippen LogP contribution in [0.15, 0.2) is 6.07 Å². The number of amides is 1. The molecular weight excluding hydrogens is 262 g/mol. The smallest absolute Gasteiger partial charge is 0.410 e. The summed E-state index contributed by atoms with van der Waals surface area (Å²) < 4.78 is 1.62. The van der Waals surface area contributed by atoms with E-state index in [0.717, 1.165) is 0 Å². The Balaban J connectivity index is 2.32. The zero-order valence-electron chi connectivity index (χ0n) is 11.9. The fourth-order valence-corrected chi connectivity index (χ4v) is 2.54. The van der Waals surface area contributed by atoms with Crippen molar-refractivity contribution >= 4 is 11.9 Å². The van der Waals surface area contributed by atoms with Gasteiger partial charge in [-0.25, -0.2) is 9.48 Å². The highest BCUT2D eigenvalue weighted by atomic mass is 16.4. The van der Waals surface area contributed by atoms with Crippen LogP contribution in [-0.4, -0.2) is 43.4 Å². The Kier molecular flexibility index (Phi) is 3.75. The molecule has 0 saturated heterocycles. The topological polar surface area (TPSA) is 108 Å². The van der Waals surface area contributed by atoms with Crippen molar-refractivity contribution in [2.24, 2.45) is 0 Å². The number of aliphatic hydroxyl groups excluding tert-OH is 2. The first-order chi connectivity index (χ1) is 9.18. The fourth-order valence-electron chi connectivity index (χ4n) is 2.54. The van der Waals surface area contributed by atoms with Crippen LogP contribution in [0.5, 0.6) is 0 Å². The number of nitrogens with one attached hydrogen (secondary N) is 1. The molecule has 3 atom stereocenters. The predicted octanol–water partition coefficient (Wildman–Crippen LogP) is 1.33. The molecule has 1 aliphatic rings. The van der Waals surface area contributed by atoms with Crippen LogP contribution in [0.25, 0.3) is 0 Å². The highest BCUT2D eigenvalue weighted by molar-refractivity contribution is 5.81. The number of nitrogens with zero attached hydrogens (tertiary/aromatic N) is 2. The third-order valence-corrected chi connectivity index (χ3v) is 3.51. The molecule has 1 heterocycles. The lowest BCUT2D eigenvalue weighted by Crippen LogP contribution is -2.26. The van der Waals surface area contributed by atoms with Gasteiger partial charge in [-0.05, 0) is 33.6 Å². The van der Waals surface area contributed by atoms with Crippen molar-refractivity contribution in [1.82, 2.24) is 9.78 Å². The van der Waals surface area contributed by atoms with Crippen LogP contribution >= 0.6 is 0 Å². The number of carboxylic acid groups (broad SMARTS) is 1. The molecule has 7 heteroatoms. The molecule has 112 valence electrons. The molecule has 1 aliphatic carbocycles. The van der Waals surface area contributed by atoms with Gasteiger partial charge < -0.3 is 15.3 Å². The van der Waals surface area contributed by atoms with Crippen molar-refractivity contribution in [3.05, 3.63) is 11.8 Å². The van der Waals surface area contributed by atoms with Crippen LogP contribution in [-0.2, 0) is 5.54 Å². The Labute approximate surface area is 117 Å². The van der Waals surface area contributed by atoms with Crippen LogP contribution < -0.4 is 5.32 Å². The van der Waals surface area contributed by atoms with Gasteiger partial charge in [-0.3, -0.25) is 5.32 Å². The molecule has 0 aliphatic heterocycles. The Morgan fingerprint density at radius 2 is 1.90 bits per heavy atom. The summed E-state index contributed by atoms with van der Waals surface area (Å²) in [6.07, 6.45) is -1.75. The van der Waals surface area contributed by atoms with E-state index >= 15 is 0 Å². The molecule has 1 amide bonds. The molecule has 0 bridgehead atoms. The third-order valence-electron chi connectivity index (χ3n) is 3.51. The van der Waals surface area contributed by atoms with Gasteiger partial charge in [-0.1, -0.05) is 0 Å². The minimum absolute atomic E-state index is 0.0575. The molecule has 0 aromatic carbocycles. The molecular formula is C13H21N3O4. The van der Waals surface area contributed by atoms with E-state index in [1.54, 1.807) is 10.7 Å².